The monoisotopic (exact) mass is 405 g/mol. The lowest BCUT2D eigenvalue weighted by Crippen LogP contribution is -2.19. The Balaban J connectivity index is 1.50. The summed E-state index contributed by atoms with van der Waals surface area (Å²) >= 11 is 3.31. The number of rotatable bonds is 4. The van der Waals surface area contributed by atoms with E-state index in [0.29, 0.717) is 0 Å². The number of nitrogens with zero attached hydrogens (tertiary/aromatic N) is 1. The third kappa shape index (κ3) is 4.03. The van der Waals surface area contributed by atoms with Crippen molar-refractivity contribution in [1.82, 2.24) is 4.98 Å². The molecule has 4 nitrogen and oxygen atoms in total. The van der Waals surface area contributed by atoms with Gasteiger partial charge < -0.3 is 10.6 Å². The van der Waals surface area contributed by atoms with Crippen LogP contribution < -0.4 is 10.6 Å². The summed E-state index contributed by atoms with van der Waals surface area (Å²) in [7, 11) is 0. The highest BCUT2D eigenvalue weighted by molar-refractivity contribution is 7.98. The molecular weight excluding hydrogens is 386 g/mol. The van der Waals surface area contributed by atoms with E-state index >= 15 is 0 Å². The molecule has 3 aromatic carbocycles. The van der Waals surface area contributed by atoms with Gasteiger partial charge in [0.05, 0.1) is 10.2 Å². The number of aryl methyl sites for hydroxylation is 1. The molecule has 0 atom stereocenters. The molecule has 0 unspecified atom stereocenters. The highest BCUT2D eigenvalue weighted by atomic mass is 32.2. The summed E-state index contributed by atoms with van der Waals surface area (Å²) in [6.07, 6.45) is 2.01. The van der Waals surface area contributed by atoms with Crippen LogP contribution in [0.3, 0.4) is 0 Å². The van der Waals surface area contributed by atoms with Gasteiger partial charge in [0, 0.05) is 21.8 Å². The van der Waals surface area contributed by atoms with Crippen LogP contribution in [0, 0.1) is 6.92 Å². The number of hydrogen-bond acceptors (Lipinski definition) is 4. The van der Waals surface area contributed by atoms with Crippen LogP contribution in [0.25, 0.3) is 20.8 Å². The zero-order chi connectivity index (χ0) is 19.5. The molecule has 0 radical (unpaired) electrons. The summed E-state index contributed by atoms with van der Waals surface area (Å²) in [6, 6.07) is 21.6. The molecule has 0 aliphatic carbocycles. The molecule has 140 valence electrons. The number of carbonyl (C=O) groups excluding carboxylic acids is 1. The standard InChI is InChI=1S/C22H19N3OS2/c1-14-12-15(21-24-19-8-3-4-9-20(19)28-21)10-11-18(14)25-22(26)23-16-6-5-7-17(13-16)27-2/h3-13H,1-2H3,(H2,23,25,26). The van der Waals surface area contributed by atoms with Gasteiger partial charge in [0.15, 0.2) is 0 Å². The van der Waals surface area contributed by atoms with E-state index < -0.39 is 0 Å². The number of anilines is 2. The van der Waals surface area contributed by atoms with Crippen LogP contribution in [0.5, 0.6) is 0 Å². The number of para-hydroxylation sites is 1. The van der Waals surface area contributed by atoms with Crippen molar-refractivity contribution in [1.29, 1.82) is 0 Å². The van der Waals surface area contributed by atoms with Crippen molar-refractivity contribution in [2.75, 3.05) is 16.9 Å². The van der Waals surface area contributed by atoms with Crippen molar-refractivity contribution in [2.45, 2.75) is 11.8 Å². The van der Waals surface area contributed by atoms with Crippen LogP contribution in [0.4, 0.5) is 16.2 Å². The Bertz CT molecular complexity index is 1120. The van der Waals surface area contributed by atoms with Crippen molar-refractivity contribution in [3.63, 3.8) is 0 Å². The largest absolute Gasteiger partial charge is 0.323 e. The average molecular weight is 406 g/mol. The normalized spacial score (nSPS) is 10.8. The molecule has 6 heteroatoms. The fraction of sp³-hybridized carbons (Fsp3) is 0.0909. The predicted octanol–water partition coefficient (Wildman–Crippen LogP) is 6.64. The van der Waals surface area contributed by atoms with Crippen LogP contribution in [-0.4, -0.2) is 17.3 Å². The molecule has 2 amide bonds. The number of amides is 2. The molecular formula is C22H19N3OS2. The zero-order valence-electron chi connectivity index (χ0n) is 15.5. The number of benzene rings is 3. The Hall–Kier alpha value is -2.83. The van der Waals surface area contributed by atoms with Crippen LogP contribution in [0.1, 0.15) is 5.56 Å². The van der Waals surface area contributed by atoms with Gasteiger partial charge in [-0.25, -0.2) is 9.78 Å². The van der Waals surface area contributed by atoms with Gasteiger partial charge in [-0.1, -0.05) is 18.2 Å². The maximum absolute atomic E-state index is 12.4. The van der Waals surface area contributed by atoms with E-state index in [9.17, 15) is 4.79 Å². The Morgan fingerprint density at radius 2 is 1.86 bits per heavy atom. The fourth-order valence-corrected chi connectivity index (χ4v) is 4.34. The zero-order valence-corrected chi connectivity index (χ0v) is 17.2. The average Bonchev–Trinajstić information content (AvgIpc) is 3.14. The minimum Gasteiger partial charge on any atom is -0.308 e. The molecule has 0 aliphatic rings. The van der Waals surface area contributed by atoms with E-state index in [-0.39, 0.29) is 6.03 Å². The molecule has 4 rings (SSSR count). The molecule has 1 aromatic heterocycles. The number of nitrogens with one attached hydrogen (secondary N) is 2. The van der Waals surface area contributed by atoms with E-state index in [4.69, 9.17) is 4.98 Å². The summed E-state index contributed by atoms with van der Waals surface area (Å²) in [5.41, 5.74) is 4.60. The molecule has 4 aromatic rings. The van der Waals surface area contributed by atoms with Crippen molar-refractivity contribution in [2.24, 2.45) is 0 Å². The number of thioether (sulfide) groups is 1. The van der Waals surface area contributed by atoms with Gasteiger partial charge in [-0.2, -0.15) is 0 Å². The van der Waals surface area contributed by atoms with E-state index in [1.165, 1.54) is 4.70 Å². The molecule has 0 spiro atoms. The first-order valence-electron chi connectivity index (χ1n) is 8.81. The molecule has 0 fully saturated rings. The summed E-state index contributed by atoms with van der Waals surface area (Å²) < 4.78 is 1.17. The first kappa shape index (κ1) is 18.5. The Morgan fingerprint density at radius 3 is 2.64 bits per heavy atom. The maximum Gasteiger partial charge on any atom is 0.323 e. The van der Waals surface area contributed by atoms with Crippen molar-refractivity contribution in [3.05, 3.63) is 72.3 Å². The van der Waals surface area contributed by atoms with Crippen molar-refractivity contribution < 1.29 is 4.79 Å². The van der Waals surface area contributed by atoms with Crippen molar-refractivity contribution in [3.8, 4) is 10.6 Å². The lowest BCUT2D eigenvalue weighted by Gasteiger charge is -2.11. The molecule has 2 N–H and O–H groups in total. The number of fused-ring (bicyclic) bond motifs is 1. The molecule has 0 aliphatic heterocycles. The quantitative estimate of drug-likeness (QED) is 0.374. The van der Waals surface area contributed by atoms with Gasteiger partial charge in [0.25, 0.3) is 0 Å². The molecule has 0 saturated carbocycles. The Labute approximate surface area is 172 Å². The summed E-state index contributed by atoms with van der Waals surface area (Å²) in [4.78, 5) is 18.2. The number of carbonyl (C=O) groups is 1. The SMILES string of the molecule is CSc1cccc(NC(=O)Nc2ccc(-c3nc4ccccc4s3)cc2C)c1. The van der Waals surface area contributed by atoms with E-state index in [1.807, 2.05) is 67.8 Å². The van der Waals surface area contributed by atoms with Crippen LogP contribution in [0.15, 0.2) is 71.6 Å². The third-order valence-electron chi connectivity index (χ3n) is 4.34. The van der Waals surface area contributed by atoms with E-state index in [2.05, 4.69) is 22.8 Å². The second-order valence-corrected chi connectivity index (χ2v) is 8.24. The minimum absolute atomic E-state index is 0.255. The smallest absolute Gasteiger partial charge is 0.308 e. The molecule has 1 heterocycles. The second kappa shape index (κ2) is 8.04. The number of thiazole rings is 1. The van der Waals surface area contributed by atoms with Gasteiger partial charge in [-0.3, -0.25) is 0 Å². The third-order valence-corrected chi connectivity index (χ3v) is 6.15. The van der Waals surface area contributed by atoms with E-state index in [0.717, 1.165) is 37.9 Å². The lowest BCUT2D eigenvalue weighted by atomic mass is 10.1. The van der Waals surface area contributed by atoms with E-state index in [1.54, 1.807) is 23.1 Å². The maximum atomic E-state index is 12.4. The fourth-order valence-electron chi connectivity index (χ4n) is 2.92. The highest BCUT2D eigenvalue weighted by Gasteiger charge is 2.10. The van der Waals surface area contributed by atoms with Crippen LogP contribution >= 0.6 is 23.1 Å². The molecule has 0 bridgehead atoms. The highest BCUT2D eigenvalue weighted by Crippen LogP contribution is 2.32. The second-order valence-electron chi connectivity index (χ2n) is 6.33. The first-order valence-corrected chi connectivity index (χ1v) is 10.8. The predicted molar refractivity (Wildman–Crippen MR) is 121 cm³/mol. The minimum atomic E-state index is -0.255. The van der Waals surface area contributed by atoms with Crippen LogP contribution in [0.2, 0.25) is 0 Å². The van der Waals surface area contributed by atoms with Crippen LogP contribution in [-0.2, 0) is 0 Å². The Kier molecular flexibility index (Phi) is 5.32. The van der Waals surface area contributed by atoms with Gasteiger partial charge in [0.2, 0.25) is 0 Å². The van der Waals surface area contributed by atoms with Gasteiger partial charge in [-0.15, -0.1) is 23.1 Å². The van der Waals surface area contributed by atoms with Crippen molar-refractivity contribution >= 4 is 50.7 Å². The van der Waals surface area contributed by atoms with Gasteiger partial charge in [-0.05, 0) is 67.3 Å². The lowest BCUT2D eigenvalue weighted by molar-refractivity contribution is 0.262. The topological polar surface area (TPSA) is 54.0 Å². The van der Waals surface area contributed by atoms with Gasteiger partial charge in [0.1, 0.15) is 5.01 Å². The van der Waals surface area contributed by atoms with Gasteiger partial charge >= 0.3 is 6.03 Å². The number of urea groups is 1. The Morgan fingerprint density at radius 1 is 1.00 bits per heavy atom. The number of aromatic nitrogens is 1. The summed E-state index contributed by atoms with van der Waals surface area (Å²) in [6.45, 7) is 1.99. The first-order chi connectivity index (χ1) is 13.6. The molecule has 0 saturated heterocycles. The molecule has 28 heavy (non-hydrogen) atoms. The summed E-state index contributed by atoms with van der Waals surface area (Å²) in [5.74, 6) is 0. The number of hydrogen-bond donors (Lipinski definition) is 2. The summed E-state index contributed by atoms with van der Waals surface area (Å²) in [5, 5.41) is 6.79.